The van der Waals surface area contributed by atoms with Gasteiger partial charge in [-0.2, -0.15) is 0 Å². The number of rotatable bonds is 3. The fraction of sp³-hybridized carbons (Fsp3) is 0.409. The zero-order chi connectivity index (χ0) is 18.3. The van der Waals surface area contributed by atoms with E-state index >= 15 is 0 Å². The number of imidazole rings is 1. The first-order chi connectivity index (χ1) is 12.5. The van der Waals surface area contributed by atoms with E-state index in [2.05, 4.69) is 54.9 Å². The fourth-order valence-electron chi connectivity index (χ4n) is 4.26. The van der Waals surface area contributed by atoms with E-state index in [0.29, 0.717) is 0 Å². The van der Waals surface area contributed by atoms with Gasteiger partial charge in [0, 0.05) is 24.7 Å². The average Bonchev–Trinajstić information content (AvgIpc) is 2.98. The quantitative estimate of drug-likeness (QED) is 0.769. The first-order valence-corrected chi connectivity index (χ1v) is 9.48. The summed E-state index contributed by atoms with van der Waals surface area (Å²) in [4.78, 5) is 18.0. The minimum atomic E-state index is 0.00381. The molecule has 2 heterocycles. The van der Waals surface area contributed by atoms with Crippen LogP contribution in [0.4, 0.5) is 0 Å². The van der Waals surface area contributed by atoms with Crippen molar-refractivity contribution < 1.29 is 0 Å². The van der Waals surface area contributed by atoms with Crippen molar-refractivity contribution in [2.24, 2.45) is 0 Å². The third kappa shape index (κ3) is 2.88. The molecule has 0 aliphatic carbocycles. The van der Waals surface area contributed by atoms with Crippen LogP contribution in [0.3, 0.4) is 0 Å². The van der Waals surface area contributed by atoms with E-state index in [1.165, 1.54) is 11.1 Å². The van der Waals surface area contributed by atoms with Gasteiger partial charge in [-0.05, 0) is 51.3 Å². The number of nitrogens with zero attached hydrogens (tertiary/aromatic N) is 2. The van der Waals surface area contributed by atoms with Crippen LogP contribution in [0.5, 0.6) is 0 Å². The van der Waals surface area contributed by atoms with Crippen molar-refractivity contribution in [1.29, 1.82) is 0 Å². The van der Waals surface area contributed by atoms with Crippen LogP contribution in [0.15, 0.2) is 53.3 Å². The van der Waals surface area contributed by atoms with Gasteiger partial charge in [0.05, 0.1) is 11.0 Å². The van der Waals surface area contributed by atoms with E-state index in [1.807, 2.05) is 28.8 Å². The van der Waals surface area contributed by atoms with Gasteiger partial charge in [-0.1, -0.05) is 42.0 Å². The van der Waals surface area contributed by atoms with E-state index in [-0.39, 0.29) is 17.3 Å². The van der Waals surface area contributed by atoms with Gasteiger partial charge in [0.2, 0.25) is 0 Å². The molecular formula is C22H27N3O. The van der Waals surface area contributed by atoms with Gasteiger partial charge in [-0.25, -0.2) is 4.79 Å². The van der Waals surface area contributed by atoms with E-state index < -0.39 is 0 Å². The Labute approximate surface area is 154 Å². The van der Waals surface area contributed by atoms with Crippen molar-refractivity contribution in [3.05, 3.63) is 70.1 Å². The van der Waals surface area contributed by atoms with Crippen molar-refractivity contribution in [2.75, 3.05) is 13.1 Å². The van der Waals surface area contributed by atoms with Crippen LogP contribution in [0, 0.1) is 6.92 Å². The van der Waals surface area contributed by atoms with Crippen LogP contribution >= 0.6 is 0 Å². The minimum absolute atomic E-state index is 0.00381. The molecule has 0 bridgehead atoms. The van der Waals surface area contributed by atoms with Crippen molar-refractivity contribution in [3.8, 4) is 0 Å². The Morgan fingerprint density at radius 2 is 1.65 bits per heavy atom. The predicted molar refractivity (Wildman–Crippen MR) is 107 cm³/mol. The minimum Gasteiger partial charge on any atom is -0.306 e. The molecule has 1 N–H and O–H groups in total. The van der Waals surface area contributed by atoms with Gasteiger partial charge >= 0.3 is 5.69 Å². The molecule has 1 fully saturated rings. The maximum atomic E-state index is 12.5. The normalized spacial score (nSPS) is 17.0. The number of nitrogens with one attached hydrogen (secondary N) is 1. The number of piperidine rings is 1. The van der Waals surface area contributed by atoms with Crippen molar-refractivity contribution in [2.45, 2.75) is 45.2 Å². The molecule has 136 valence electrons. The number of fused-ring (bicyclic) bond motifs is 1. The van der Waals surface area contributed by atoms with E-state index in [9.17, 15) is 4.79 Å². The molecule has 1 aliphatic heterocycles. The number of H-pyrrole nitrogens is 1. The lowest BCUT2D eigenvalue weighted by atomic mass is 9.89. The van der Waals surface area contributed by atoms with E-state index in [4.69, 9.17) is 0 Å². The monoisotopic (exact) mass is 349 g/mol. The summed E-state index contributed by atoms with van der Waals surface area (Å²) in [7, 11) is 0. The zero-order valence-electron chi connectivity index (χ0n) is 15.8. The summed E-state index contributed by atoms with van der Waals surface area (Å²) in [5.41, 5.74) is 4.62. The van der Waals surface area contributed by atoms with Gasteiger partial charge in [-0.3, -0.25) is 9.47 Å². The highest BCUT2D eigenvalue weighted by Gasteiger charge is 2.33. The first kappa shape index (κ1) is 17.1. The van der Waals surface area contributed by atoms with Crippen LogP contribution in [0.2, 0.25) is 0 Å². The Morgan fingerprint density at radius 3 is 2.35 bits per heavy atom. The molecule has 4 rings (SSSR count). The molecule has 0 atom stereocenters. The number of aryl methyl sites for hydroxylation is 1. The average molecular weight is 349 g/mol. The number of benzene rings is 2. The molecular weight excluding hydrogens is 322 g/mol. The molecule has 0 spiro atoms. The first-order valence-electron chi connectivity index (χ1n) is 9.48. The lowest BCUT2D eigenvalue weighted by molar-refractivity contribution is 0.0755. The van der Waals surface area contributed by atoms with Gasteiger partial charge in [0.25, 0.3) is 0 Å². The molecule has 0 saturated carbocycles. The second-order valence-electron chi connectivity index (χ2n) is 7.96. The summed E-state index contributed by atoms with van der Waals surface area (Å²) >= 11 is 0. The number of para-hydroxylation sites is 2. The Balaban J connectivity index is 1.54. The lowest BCUT2D eigenvalue weighted by Gasteiger charge is -2.43. The van der Waals surface area contributed by atoms with Crippen molar-refractivity contribution in [1.82, 2.24) is 14.5 Å². The Morgan fingerprint density at radius 1 is 1.00 bits per heavy atom. The lowest BCUT2D eigenvalue weighted by Crippen LogP contribution is -2.47. The number of aromatic amines is 1. The van der Waals surface area contributed by atoms with Gasteiger partial charge in [0.1, 0.15) is 0 Å². The molecule has 4 heteroatoms. The van der Waals surface area contributed by atoms with Crippen LogP contribution < -0.4 is 5.69 Å². The number of hydrogen-bond donors (Lipinski definition) is 1. The molecule has 26 heavy (non-hydrogen) atoms. The number of aromatic nitrogens is 2. The maximum Gasteiger partial charge on any atom is 0.326 e. The molecule has 1 aliphatic rings. The third-order valence-electron chi connectivity index (χ3n) is 6.00. The molecule has 1 saturated heterocycles. The molecule has 0 unspecified atom stereocenters. The summed E-state index contributed by atoms with van der Waals surface area (Å²) in [5, 5.41) is 0. The summed E-state index contributed by atoms with van der Waals surface area (Å²) < 4.78 is 1.96. The zero-order valence-corrected chi connectivity index (χ0v) is 15.8. The smallest absolute Gasteiger partial charge is 0.306 e. The molecule has 4 nitrogen and oxygen atoms in total. The van der Waals surface area contributed by atoms with Crippen LogP contribution in [0.25, 0.3) is 11.0 Å². The third-order valence-corrected chi connectivity index (χ3v) is 6.00. The van der Waals surface area contributed by atoms with Gasteiger partial charge < -0.3 is 4.98 Å². The standard InChI is InChI=1S/C22H27N3O/c1-16-8-10-17(11-9-16)22(2,3)24-14-12-18(13-15-24)25-20-7-5-4-6-19(20)23-21(25)26/h4-11,18H,12-15H2,1-3H3,(H,23,26). The second-order valence-corrected chi connectivity index (χ2v) is 7.96. The number of likely N-dealkylation sites (tertiary alicyclic amines) is 1. The Kier molecular flexibility index (Phi) is 4.23. The summed E-state index contributed by atoms with van der Waals surface area (Å²) in [5.74, 6) is 0. The van der Waals surface area contributed by atoms with E-state index in [0.717, 1.165) is 37.0 Å². The Hall–Kier alpha value is -2.33. The van der Waals surface area contributed by atoms with Crippen LogP contribution in [0.1, 0.15) is 43.9 Å². The molecule has 3 aromatic rings. The Bertz CT molecular complexity index is 957. The molecule has 0 amide bonds. The predicted octanol–water partition coefficient (Wildman–Crippen LogP) is 4.21. The van der Waals surface area contributed by atoms with Crippen molar-refractivity contribution in [3.63, 3.8) is 0 Å². The SMILES string of the molecule is Cc1ccc(C(C)(C)N2CCC(n3c(=O)[nH]c4ccccc43)CC2)cc1. The van der Waals surface area contributed by atoms with Gasteiger partial charge in [0.15, 0.2) is 0 Å². The highest BCUT2D eigenvalue weighted by atomic mass is 16.1. The highest BCUT2D eigenvalue weighted by molar-refractivity contribution is 5.75. The maximum absolute atomic E-state index is 12.5. The topological polar surface area (TPSA) is 41.0 Å². The molecule has 0 radical (unpaired) electrons. The fourth-order valence-corrected chi connectivity index (χ4v) is 4.26. The molecule has 2 aromatic carbocycles. The highest BCUT2D eigenvalue weighted by Crippen LogP contribution is 2.34. The number of hydrogen-bond acceptors (Lipinski definition) is 2. The van der Waals surface area contributed by atoms with Crippen LogP contribution in [-0.2, 0) is 5.54 Å². The summed E-state index contributed by atoms with van der Waals surface area (Å²) in [6.07, 6.45) is 1.99. The summed E-state index contributed by atoms with van der Waals surface area (Å²) in [6.45, 7) is 8.72. The molecule has 1 aromatic heterocycles. The van der Waals surface area contributed by atoms with Gasteiger partial charge in [-0.15, -0.1) is 0 Å². The van der Waals surface area contributed by atoms with E-state index in [1.54, 1.807) is 0 Å². The second kappa shape index (κ2) is 6.44. The largest absolute Gasteiger partial charge is 0.326 e. The summed E-state index contributed by atoms with van der Waals surface area (Å²) in [6, 6.07) is 17.1. The van der Waals surface area contributed by atoms with Crippen molar-refractivity contribution >= 4 is 11.0 Å². The van der Waals surface area contributed by atoms with Crippen LogP contribution in [-0.4, -0.2) is 27.5 Å².